The van der Waals surface area contributed by atoms with E-state index in [1.54, 1.807) is 0 Å². The van der Waals surface area contributed by atoms with Gasteiger partial charge in [-0.05, 0) is 24.6 Å². The molecule has 0 amide bonds. The number of hydrogen-bond acceptors (Lipinski definition) is 4. The van der Waals surface area contributed by atoms with Crippen molar-refractivity contribution in [1.82, 2.24) is 9.21 Å². The van der Waals surface area contributed by atoms with Crippen LogP contribution in [0.3, 0.4) is 0 Å². The number of aliphatic hydroxyl groups excluding tert-OH is 1. The smallest absolute Gasteiger partial charge is 0.396 e. The van der Waals surface area contributed by atoms with Crippen molar-refractivity contribution < 1.29 is 39.9 Å². The second-order valence-corrected chi connectivity index (χ2v) is 8.00. The van der Waals surface area contributed by atoms with Crippen LogP contribution in [0.2, 0.25) is 0 Å². The van der Waals surface area contributed by atoms with Crippen molar-refractivity contribution in [1.29, 1.82) is 0 Å². The van der Waals surface area contributed by atoms with Crippen LogP contribution in [-0.4, -0.2) is 62.1 Å². The van der Waals surface area contributed by atoms with Gasteiger partial charge >= 0.3 is 12.4 Å². The fourth-order valence-corrected chi connectivity index (χ4v) is 4.21. The van der Waals surface area contributed by atoms with Gasteiger partial charge in [0.05, 0.1) is 16.0 Å². The summed E-state index contributed by atoms with van der Waals surface area (Å²) in [6.45, 7) is 0.889. The van der Waals surface area contributed by atoms with Gasteiger partial charge in [0.2, 0.25) is 10.0 Å². The Labute approximate surface area is 152 Å². The highest BCUT2D eigenvalue weighted by molar-refractivity contribution is 7.89. The van der Waals surface area contributed by atoms with Crippen molar-refractivity contribution in [3.8, 4) is 0 Å². The predicted octanol–water partition coefficient (Wildman–Crippen LogP) is 2.41. The lowest BCUT2D eigenvalue weighted by Crippen LogP contribution is -2.48. The first-order valence-corrected chi connectivity index (χ1v) is 9.42. The fourth-order valence-electron chi connectivity index (χ4n) is 2.71. The van der Waals surface area contributed by atoms with Crippen LogP contribution in [0.25, 0.3) is 0 Å². The first-order chi connectivity index (χ1) is 12.4. The lowest BCUT2D eigenvalue weighted by atomic mass is 10.1. The maximum absolute atomic E-state index is 12.9. The summed E-state index contributed by atoms with van der Waals surface area (Å²) in [5.74, 6) is 0. The van der Waals surface area contributed by atoms with Gasteiger partial charge in [-0.15, -0.1) is 0 Å². The molecule has 0 radical (unpaired) electrons. The van der Waals surface area contributed by atoms with Crippen molar-refractivity contribution in [2.24, 2.45) is 0 Å². The third-order valence-electron chi connectivity index (χ3n) is 4.16. The van der Waals surface area contributed by atoms with Gasteiger partial charge in [-0.25, -0.2) is 8.42 Å². The molecule has 0 aromatic heterocycles. The molecule has 0 atom stereocenters. The standard InChI is InChI=1S/C15H18F6N2O3S/c16-14(17,18)11-8-12(15(19,20)21)10-13(9-11)27(25,26)23-5-3-22(4-6-23)2-1-7-24/h8-10,24H,1-7H2. The summed E-state index contributed by atoms with van der Waals surface area (Å²) in [6.07, 6.45) is -9.75. The molecule has 1 aromatic rings. The van der Waals surface area contributed by atoms with Crippen LogP contribution < -0.4 is 0 Å². The van der Waals surface area contributed by atoms with Crippen LogP contribution >= 0.6 is 0 Å². The minimum Gasteiger partial charge on any atom is -0.396 e. The zero-order valence-corrected chi connectivity index (χ0v) is 14.8. The molecule has 154 valence electrons. The van der Waals surface area contributed by atoms with E-state index in [0.29, 0.717) is 13.0 Å². The van der Waals surface area contributed by atoms with Crippen molar-refractivity contribution in [3.05, 3.63) is 29.3 Å². The van der Waals surface area contributed by atoms with Gasteiger partial charge in [-0.1, -0.05) is 0 Å². The highest BCUT2D eigenvalue weighted by Crippen LogP contribution is 2.37. The molecule has 0 aliphatic carbocycles. The third-order valence-corrected chi connectivity index (χ3v) is 6.04. The van der Waals surface area contributed by atoms with Crippen LogP contribution in [0, 0.1) is 0 Å². The fraction of sp³-hybridized carbons (Fsp3) is 0.600. The van der Waals surface area contributed by atoms with E-state index in [0.717, 1.165) is 4.31 Å². The Bertz CT molecular complexity index is 724. The summed E-state index contributed by atoms with van der Waals surface area (Å²) >= 11 is 0. The average molecular weight is 420 g/mol. The number of piperazine rings is 1. The molecule has 2 rings (SSSR count). The van der Waals surface area contributed by atoms with Crippen molar-refractivity contribution in [2.45, 2.75) is 23.7 Å². The van der Waals surface area contributed by atoms with Crippen molar-refractivity contribution in [3.63, 3.8) is 0 Å². The Kier molecular flexibility index (Phi) is 6.44. The Morgan fingerprint density at radius 1 is 0.889 bits per heavy atom. The lowest BCUT2D eigenvalue weighted by Gasteiger charge is -2.34. The molecule has 0 spiro atoms. The van der Waals surface area contributed by atoms with Gasteiger partial charge in [0.25, 0.3) is 0 Å². The molecule has 1 saturated heterocycles. The normalized spacial score (nSPS) is 18.0. The second-order valence-electron chi connectivity index (χ2n) is 6.06. The van der Waals surface area contributed by atoms with E-state index in [4.69, 9.17) is 5.11 Å². The lowest BCUT2D eigenvalue weighted by molar-refractivity contribution is -0.143. The number of nitrogens with zero attached hydrogens (tertiary/aromatic N) is 2. The Morgan fingerprint density at radius 2 is 1.37 bits per heavy atom. The van der Waals surface area contributed by atoms with Gasteiger partial charge in [0.1, 0.15) is 0 Å². The van der Waals surface area contributed by atoms with Gasteiger partial charge < -0.3 is 10.0 Å². The zero-order chi connectivity index (χ0) is 20.5. The molecule has 5 nitrogen and oxygen atoms in total. The molecule has 1 aromatic carbocycles. The van der Waals surface area contributed by atoms with Crippen LogP contribution in [0.4, 0.5) is 26.3 Å². The largest absolute Gasteiger partial charge is 0.416 e. The van der Waals surface area contributed by atoms with Crippen LogP contribution in [-0.2, 0) is 22.4 Å². The molecule has 1 aliphatic heterocycles. The third kappa shape index (κ3) is 5.33. The summed E-state index contributed by atoms with van der Waals surface area (Å²) < 4.78 is 104. The number of hydrogen-bond donors (Lipinski definition) is 1. The van der Waals surface area contributed by atoms with Crippen LogP contribution in [0.1, 0.15) is 17.5 Å². The number of benzene rings is 1. The average Bonchev–Trinajstić information content (AvgIpc) is 2.58. The molecule has 1 N–H and O–H groups in total. The molecular weight excluding hydrogens is 402 g/mol. The van der Waals surface area contributed by atoms with Crippen LogP contribution in [0.15, 0.2) is 23.1 Å². The monoisotopic (exact) mass is 420 g/mol. The van der Waals surface area contributed by atoms with Crippen LogP contribution in [0.5, 0.6) is 0 Å². The molecule has 0 bridgehead atoms. The molecule has 1 heterocycles. The van der Waals surface area contributed by atoms with E-state index in [2.05, 4.69) is 0 Å². The van der Waals surface area contributed by atoms with Crippen molar-refractivity contribution in [2.75, 3.05) is 39.3 Å². The second kappa shape index (κ2) is 7.94. The number of sulfonamides is 1. The SMILES string of the molecule is O=S(=O)(c1cc(C(F)(F)F)cc(C(F)(F)F)c1)N1CCN(CCCO)CC1. The van der Waals surface area contributed by atoms with Gasteiger partial charge in [0.15, 0.2) is 0 Å². The van der Waals surface area contributed by atoms with E-state index >= 15 is 0 Å². The predicted molar refractivity (Wildman–Crippen MR) is 83.3 cm³/mol. The summed E-state index contributed by atoms with van der Waals surface area (Å²) in [5.41, 5.74) is -3.34. The van der Waals surface area contributed by atoms with E-state index in [9.17, 15) is 34.8 Å². The number of aliphatic hydroxyl groups is 1. The zero-order valence-electron chi connectivity index (χ0n) is 14.0. The minimum absolute atomic E-state index is 0.0387. The summed E-state index contributed by atoms with van der Waals surface area (Å²) in [7, 11) is -4.51. The van der Waals surface area contributed by atoms with E-state index < -0.39 is 38.4 Å². The first kappa shape index (κ1) is 21.9. The summed E-state index contributed by atoms with van der Waals surface area (Å²) in [5, 5.41) is 8.79. The van der Waals surface area contributed by atoms with Gasteiger partial charge in [-0.3, -0.25) is 0 Å². The maximum Gasteiger partial charge on any atom is 0.416 e. The van der Waals surface area contributed by atoms with E-state index in [-0.39, 0.29) is 51.0 Å². The van der Waals surface area contributed by atoms with E-state index in [1.807, 2.05) is 4.90 Å². The Hall–Kier alpha value is -1.37. The summed E-state index contributed by atoms with van der Waals surface area (Å²) in [6, 6.07) is 0.345. The van der Waals surface area contributed by atoms with E-state index in [1.165, 1.54) is 0 Å². The number of rotatable bonds is 5. The first-order valence-electron chi connectivity index (χ1n) is 7.98. The minimum atomic E-state index is -5.12. The highest BCUT2D eigenvalue weighted by Gasteiger charge is 2.39. The number of halogens is 6. The van der Waals surface area contributed by atoms with Crippen molar-refractivity contribution >= 4 is 10.0 Å². The summed E-state index contributed by atoms with van der Waals surface area (Å²) in [4.78, 5) is 0.823. The topological polar surface area (TPSA) is 60.9 Å². The Morgan fingerprint density at radius 3 is 1.78 bits per heavy atom. The quantitative estimate of drug-likeness (QED) is 0.744. The molecule has 27 heavy (non-hydrogen) atoms. The Balaban J connectivity index is 2.33. The molecular formula is C15H18F6N2O3S. The van der Waals surface area contributed by atoms with Gasteiger partial charge in [0, 0.05) is 39.3 Å². The molecule has 12 heteroatoms. The molecule has 1 aliphatic rings. The highest BCUT2D eigenvalue weighted by atomic mass is 32.2. The van der Waals surface area contributed by atoms with Gasteiger partial charge in [-0.2, -0.15) is 30.6 Å². The number of alkyl halides is 6. The molecule has 1 fully saturated rings. The maximum atomic E-state index is 12.9. The molecule has 0 unspecified atom stereocenters. The molecule has 0 saturated carbocycles.